The van der Waals surface area contributed by atoms with Crippen LogP contribution in [0.1, 0.15) is 18.4 Å². The molecule has 1 aromatic carbocycles. The highest BCUT2D eigenvalue weighted by Crippen LogP contribution is 2.22. The van der Waals surface area contributed by atoms with Gasteiger partial charge in [0.15, 0.2) is 0 Å². The highest BCUT2D eigenvalue weighted by atomic mass is 19.4. The van der Waals surface area contributed by atoms with Crippen LogP contribution in [0.4, 0.5) is 13.2 Å². The number of amides is 2. The Morgan fingerprint density at radius 3 is 2.48 bits per heavy atom. The van der Waals surface area contributed by atoms with Crippen molar-refractivity contribution in [1.29, 1.82) is 0 Å². The minimum atomic E-state index is -4.72. The van der Waals surface area contributed by atoms with Crippen molar-refractivity contribution >= 4 is 11.8 Å². The molecule has 1 aliphatic rings. The first-order valence-electron chi connectivity index (χ1n) is 6.25. The number of benzene rings is 1. The highest BCUT2D eigenvalue weighted by Gasteiger charge is 2.31. The van der Waals surface area contributed by atoms with Crippen LogP contribution in [0.3, 0.4) is 0 Å². The zero-order valence-electron chi connectivity index (χ0n) is 10.9. The number of halogens is 3. The Morgan fingerprint density at radius 2 is 1.90 bits per heavy atom. The first kappa shape index (κ1) is 15.3. The predicted molar refractivity (Wildman–Crippen MR) is 66.1 cm³/mol. The Morgan fingerprint density at radius 1 is 1.24 bits per heavy atom. The fraction of sp³-hybridized carbons (Fsp3) is 0.385. The van der Waals surface area contributed by atoms with E-state index < -0.39 is 12.4 Å². The van der Waals surface area contributed by atoms with Crippen LogP contribution in [0.5, 0.6) is 5.75 Å². The summed E-state index contributed by atoms with van der Waals surface area (Å²) in [7, 11) is 0. The molecule has 2 N–H and O–H groups in total. The van der Waals surface area contributed by atoms with Gasteiger partial charge in [0.2, 0.25) is 11.8 Å². The van der Waals surface area contributed by atoms with Gasteiger partial charge in [-0.2, -0.15) is 0 Å². The lowest BCUT2D eigenvalue weighted by atomic mass is 10.1. The van der Waals surface area contributed by atoms with Crippen molar-refractivity contribution in [3.8, 4) is 5.75 Å². The molecule has 1 saturated heterocycles. The molecule has 0 bridgehead atoms. The fourth-order valence-corrected chi connectivity index (χ4v) is 1.94. The van der Waals surface area contributed by atoms with E-state index in [9.17, 15) is 22.8 Å². The van der Waals surface area contributed by atoms with Crippen LogP contribution in [0.15, 0.2) is 24.3 Å². The van der Waals surface area contributed by atoms with E-state index in [-0.39, 0.29) is 24.0 Å². The normalized spacial score (nSPS) is 19.3. The maximum atomic E-state index is 12.0. The molecule has 0 spiro atoms. The van der Waals surface area contributed by atoms with Gasteiger partial charge in [-0.1, -0.05) is 12.1 Å². The summed E-state index contributed by atoms with van der Waals surface area (Å²) in [6, 6.07) is 4.87. The van der Waals surface area contributed by atoms with E-state index in [0.29, 0.717) is 18.5 Å². The molecule has 8 heteroatoms. The number of carbonyl (C=O) groups excluding carboxylic acids is 2. The van der Waals surface area contributed by atoms with Crippen molar-refractivity contribution in [2.45, 2.75) is 31.8 Å². The van der Waals surface area contributed by atoms with Gasteiger partial charge >= 0.3 is 6.36 Å². The lowest BCUT2D eigenvalue weighted by Crippen LogP contribution is -2.50. The first-order valence-corrected chi connectivity index (χ1v) is 6.25. The van der Waals surface area contributed by atoms with Gasteiger partial charge in [-0.3, -0.25) is 14.9 Å². The molecule has 1 aromatic rings. The van der Waals surface area contributed by atoms with Gasteiger partial charge in [0.05, 0.1) is 6.04 Å². The van der Waals surface area contributed by atoms with Gasteiger partial charge in [-0.15, -0.1) is 13.2 Å². The number of rotatable bonds is 4. The van der Waals surface area contributed by atoms with Crippen molar-refractivity contribution in [3.05, 3.63) is 29.8 Å². The SMILES string of the molecule is O=C1CCC(NCc2ccc(OC(F)(F)F)cc2)C(=O)N1. The number of hydrogen-bond donors (Lipinski definition) is 2. The highest BCUT2D eigenvalue weighted by molar-refractivity contribution is 6.00. The largest absolute Gasteiger partial charge is 0.573 e. The Hall–Kier alpha value is -2.09. The molecule has 1 atom stereocenters. The molecule has 2 rings (SSSR count). The molecule has 0 saturated carbocycles. The molecule has 2 amide bonds. The smallest absolute Gasteiger partial charge is 0.406 e. The van der Waals surface area contributed by atoms with Crippen LogP contribution >= 0.6 is 0 Å². The summed E-state index contributed by atoms with van der Waals surface area (Å²) in [6.45, 7) is 0.304. The number of ether oxygens (including phenoxy) is 1. The average Bonchev–Trinajstić information content (AvgIpc) is 2.38. The molecule has 1 aliphatic heterocycles. The quantitative estimate of drug-likeness (QED) is 0.827. The predicted octanol–water partition coefficient (Wildman–Crippen LogP) is 1.48. The van der Waals surface area contributed by atoms with Gasteiger partial charge in [0, 0.05) is 13.0 Å². The van der Waals surface area contributed by atoms with E-state index >= 15 is 0 Å². The fourth-order valence-electron chi connectivity index (χ4n) is 1.94. The minimum Gasteiger partial charge on any atom is -0.406 e. The second-order valence-electron chi connectivity index (χ2n) is 4.58. The third kappa shape index (κ3) is 4.75. The number of nitrogens with one attached hydrogen (secondary N) is 2. The third-order valence-corrected chi connectivity index (χ3v) is 2.95. The molecule has 1 fully saturated rings. The van der Waals surface area contributed by atoms with Crippen molar-refractivity contribution in [3.63, 3.8) is 0 Å². The third-order valence-electron chi connectivity index (χ3n) is 2.95. The maximum Gasteiger partial charge on any atom is 0.573 e. The lowest BCUT2D eigenvalue weighted by molar-refractivity contribution is -0.274. The van der Waals surface area contributed by atoms with Gasteiger partial charge in [-0.05, 0) is 24.1 Å². The molecule has 0 radical (unpaired) electrons. The Bertz CT molecular complexity index is 528. The van der Waals surface area contributed by atoms with E-state index in [1.165, 1.54) is 24.3 Å². The van der Waals surface area contributed by atoms with Crippen LogP contribution in [0, 0.1) is 0 Å². The number of alkyl halides is 3. The van der Waals surface area contributed by atoms with Crippen molar-refractivity contribution in [2.24, 2.45) is 0 Å². The molecule has 1 unspecified atom stereocenters. The summed E-state index contributed by atoms with van der Waals surface area (Å²) in [5.74, 6) is -0.984. The Labute approximate surface area is 118 Å². The number of piperidine rings is 1. The summed E-state index contributed by atoms with van der Waals surface area (Å²) >= 11 is 0. The number of imide groups is 1. The van der Waals surface area contributed by atoms with Crippen LogP contribution in [-0.2, 0) is 16.1 Å². The van der Waals surface area contributed by atoms with E-state index in [1.807, 2.05) is 0 Å². The number of hydrogen-bond acceptors (Lipinski definition) is 4. The molecular formula is C13H13F3N2O3. The van der Waals surface area contributed by atoms with E-state index in [4.69, 9.17) is 0 Å². The summed E-state index contributed by atoms with van der Waals surface area (Å²) in [5.41, 5.74) is 0.703. The molecule has 114 valence electrons. The molecule has 5 nitrogen and oxygen atoms in total. The summed E-state index contributed by atoms with van der Waals surface area (Å²) in [5, 5.41) is 5.16. The summed E-state index contributed by atoms with van der Waals surface area (Å²) in [6.07, 6.45) is -4.05. The van der Waals surface area contributed by atoms with E-state index in [2.05, 4.69) is 15.4 Å². The van der Waals surface area contributed by atoms with Crippen LogP contribution in [0.2, 0.25) is 0 Å². The average molecular weight is 302 g/mol. The second-order valence-corrected chi connectivity index (χ2v) is 4.58. The topological polar surface area (TPSA) is 67.4 Å². The Balaban J connectivity index is 1.86. The maximum absolute atomic E-state index is 12.0. The first-order chi connectivity index (χ1) is 9.83. The minimum absolute atomic E-state index is 0.266. The second kappa shape index (κ2) is 6.13. The zero-order valence-corrected chi connectivity index (χ0v) is 10.9. The molecule has 1 heterocycles. The van der Waals surface area contributed by atoms with Crippen LogP contribution in [0.25, 0.3) is 0 Å². The van der Waals surface area contributed by atoms with Crippen molar-refractivity contribution < 1.29 is 27.5 Å². The van der Waals surface area contributed by atoms with Crippen LogP contribution < -0.4 is 15.4 Å². The van der Waals surface area contributed by atoms with Gasteiger partial charge in [0.1, 0.15) is 5.75 Å². The molecule has 0 aromatic heterocycles. The van der Waals surface area contributed by atoms with Crippen LogP contribution in [-0.4, -0.2) is 24.2 Å². The number of carbonyl (C=O) groups is 2. The molecule has 21 heavy (non-hydrogen) atoms. The monoisotopic (exact) mass is 302 g/mol. The van der Waals surface area contributed by atoms with Gasteiger partial charge in [0.25, 0.3) is 0 Å². The Kier molecular flexibility index (Phi) is 4.46. The van der Waals surface area contributed by atoms with E-state index in [0.717, 1.165) is 0 Å². The lowest BCUT2D eigenvalue weighted by Gasteiger charge is -2.21. The van der Waals surface area contributed by atoms with Crippen molar-refractivity contribution in [2.75, 3.05) is 0 Å². The summed E-state index contributed by atoms with van der Waals surface area (Å²) in [4.78, 5) is 22.5. The standard InChI is InChI=1S/C13H13F3N2O3/c14-13(15,16)21-9-3-1-8(2-4-9)7-17-10-5-6-11(19)18-12(10)20/h1-4,10,17H,5-7H2,(H,18,19,20). The van der Waals surface area contributed by atoms with Gasteiger partial charge < -0.3 is 10.1 Å². The van der Waals surface area contributed by atoms with Gasteiger partial charge in [-0.25, -0.2) is 0 Å². The van der Waals surface area contributed by atoms with E-state index in [1.54, 1.807) is 0 Å². The molecular weight excluding hydrogens is 289 g/mol. The summed E-state index contributed by atoms with van der Waals surface area (Å²) < 4.78 is 39.8. The zero-order chi connectivity index (χ0) is 15.5. The molecule has 0 aliphatic carbocycles. The van der Waals surface area contributed by atoms with Crippen molar-refractivity contribution in [1.82, 2.24) is 10.6 Å².